The van der Waals surface area contributed by atoms with Crippen LogP contribution in [0.1, 0.15) is 35.3 Å². The first-order valence-electron chi connectivity index (χ1n) is 6.15. The van der Waals surface area contributed by atoms with E-state index >= 15 is 0 Å². The van der Waals surface area contributed by atoms with Gasteiger partial charge < -0.3 is 15.6 Å². The maximum atomic E-state index is 11.8. The fourth-order valence-electron chi connectivity index (χ4n) is 2.54. The number of primary amides is 1. The van der Waals surface area contributed by atoms with Crippen LogP contribution in [-0.2, 0) is 5.60 Å². The Bertz CT molecular complexity index is 658. The lowest BCUT2D eigenvalue weighted by Crippen LogP contribution is -2.36. The molecule has 100 valence electrons. The lowest BCUT2D eigenvalue weighted by atomic mass is 9.76. The number of fused-ring (bicyclic) bond motifs is 1. The number of carbonyl (C=O) groups is 1. The molecule has 0 radical (unpaired) electrons. The molecule has 6 heteroatoms. The molecule has 2 heterocycles. The average Bonchev–Trinajstić information content (AvgIpc) is 2.75. The van der Waals surface area contributed by atoms with Crippen LogP contribution in [-0.4, -0.2) is 27.7 Å². The third kappa shape index (κ3) is 1.60. The number of carbonyl (C=O) groups excluding carboxylic acids is 1. The Kier molecular flexibility index (Phi) is 2.50. The van der Waals surface area contributed by atoms with Gasteiger partial charge in [0.05, 0.1) is 12.7 Å². The number of hydrogen-bond donors (Lipinski definition) is 2. The molecule has 1 fully saturated rings. The Morgan fingerprint density at radius 3 is 2.84 bits per heavy atom. The van der Waals surface area contributed by atoms with Crippen LogP contribution in [0.4, 0.5) is 0 Å². The number of methoxy groups -OCH3 is 1. The molecule has 2 aromatic heterocycles. The summed E-state index contributed by atoms with van der Waals surface area (Å²) in [7, 11) is 1.52. The monoisotopic (exact) mass is 261 g/mol. The minimum Gasteiger partial charge on any atom is -0.494 e. The fourth-order valence-corrected chi connectivity index (χ4v) is 2.54. The molecule has 0 saturated heterocycles. The van der Waals surface area contributed by atoms with Crippen molar-refractivity contribution in [2.45, 2.75) is 24.9 Å². The average molecular weight is 261 g/mol. The molecule has 0 aliphatic heterocycles. The van der Waals surface area contributed by atoms with E-state index in [2.05, 4.69) is 5.10 Å². The molecule has 0 aromatic carbocycles. The quantitative estimate of drug-likeness (QED) is 0.855. The summed E-state index contributed by atoms with van der Waals surface area (Å²) in [5, 5.41) is 14.8. The maximum absolute atomic E-state index is 11.8. The SMILES string of the molecule is COc1cccn2nc(C3(O)CCC3)c(C(N)=O)c12. The van der Waals surface area contributed by atoms with E-state index in [-0.39, 0.29) is 5.56 Å². The van der Waals surface area contributed by atoms with Gasteiger partial charge >= 0.3 is 0 Å². The maximum Gasteiger partial charge on any atom is 0.253 e. The van der Waals surface area contributed by atoms with Crippen LogP contribution in [0, 0.1) is 0 Å². The van der Waals surface area contributed by atoms with Gasteiger partial charge in [0.15, 0.2) is 0 Å². The van der Waals surface area contributed by atoms with E-state index in [1.807, 2.05) is 0 Å². The van der Waals surface area contributed by atoms with Crippen molar-refractivity contribution < 1.29 is 14.6 Å². The van der Waals surface area contributed by atoms with Gasteiger partial charge in [-0.15, -0.1) is 0 Å². The minimum atomic E-state index is -1.04. The van der Waals surface area contributed by atoms with E-state index in [1.165, 1.54) is 11.6 Å². The summed E-state index contributed by atoms with van der Waals surface area (Å²) in [6, 6.07) is 3.50. The highest BCUT2D eigenvalue weighted by Gasteiger charge is 2.42. The summed E-state index contributed by atoms with van der Waals surface area (Å²) in [5.74, 6) is -0.0900. The molecule has 3 rings (SSSR count). The second-order valence-electron chi connectivity index (χ2n) is 4.84. The lowest BCUT2D eigenvalue weighted by Gasteiger charge is -2.35. The zero-order chi connectivity index (χ0) is 13.6. The van der Waals surface area contributed by atoms with Gasteiger partial charge in [0.1, 0.15) is 22.6 Å². The molecule has 1 aliphatic rings. The first-order chi connectivity index (χ1) is 9.07. The topological polar surface area (TPSA) is 89.8 Å². The number of ether oxygens (including phenoxy) is 1. The highest BCUT2D eigenvalue weighted by Crippen LogP contribution is 2.43. The number of nitrogens with zero attached hydrogens (tertiary/aromatic N) is 2. The molecule has 2 aromatic rings. The Morgan fingerprint density at radius 1 is 1.58 bits per heavy atom. The van der Waals surface area contributed by atoms with Crippen molar-refractivity contribution in [1.82, 2.24) is 9.61 Å². The van der Waals surface area contributed by atoms with Crippen LogP contribution in [0.25, 0.3) is 5.52 Å². The number of hydrogen-bond acceptors (Lipinski definition) is 4. The van der Waals surface area contributed by atoms with Gasteiger partial charge in [-0.1, -0.05) is 0 Å². The largest absolute Gasteiger partial charge is 0.494 e. The van der Waals surface area contributed by atoms with E-state index in [0.29, 0.717) is 29.8 Å². The summed E-state index contributed by atoms with van der Waals surface area (Å²) in [4.78, 5) is 11.8. The minimum absolute atomic E-state index is 0.250. The van der Waals surface area contributed by atoms with Crippen molar-refractivity contribution in [2.24, 2.45) is 5.73 Å². The van der Waals surface area contributed by atoms with Crippen LogP contribution in [0.15, 0.2) is 18.3 Å². The summed E-state index contributed by atoms with van der Waals surface area (Å²) >= 11 is 0. The number of amides is 1. The third-order valence-corrected chi connectivity index (χ3v) is 3.71. The first-order valence-corrected chi connectivity index (χ1v) is 6.15. The first kappa shape index (κ1) is 12.0. The van der Waals surface area contributed by atoms with Crippen molar-refractivity contribution in [1.29, 1.82) is 0 Å². The van der Waals surface area contributed by atoms with Gasteiger partial charge in [0.2, 0.25) is 0 Å². The Balaban J connectivity index is 2.34. The number of pyridine rings is 1. The molecule has 0 bridgehead atoms. The lowest BCUT2D eigenvalue weighted by molar-refractivity contribution is -0.0432. The number of aromatic nitrogens is 2. The second kappa shape index (κ2) is 3.96. The Labute approximate surface area is 109 Å². The third-order valence-electron chi connectivity index (χ3n) is 3.71. The molecule has 0 spiro atoms. The van der Waals surface area contributed by atoms with Crippen LogP contribution < -0.4 is 10.5 Å². The van der Waals surface area contributed by atoms with Gasteiger partial charge in [0.25, 0.3) is 5.91 Å². The Hall–Kier alpha value is -2.08. The van der Waals surface area contributed by atoms with E-state index in [0.717, 1.165) is 6.42 Å². The van der Waals surface area contributed by atoms with Crippen molar-refractivity contribution >= 4 is 11.4 Å². The number of rotatable bonds is 3. The van der Waals surface area contributed by atoms with Gasteiger partial charge in [-0.2, -0.15) is 5.10 Å². The molecule has 1 saturated carbocycles. The van der Waals surface area contributed by atoms with Crippen molar-refractivity contribution in [2.75, 3.05) is 7.11 Å². The molecular formula is C13H15N3O3. The van der Waals surface area contributed by atoms with Crippen LogP contribution in [0.2, 0.25) is 0 Å². The van der Waals surface area contributed by atoms with Gasteiger partial charge in [-0.25, -0.2) is 4.52 Å². The zero-order valence-corrected chi connectivity index (χ0v) is 10.6. The van der Waals surface area contributed by atoms with Crippen LogP contribution in [0.3, 0.4) is 0 Å². The molecule has 0 unspecified atom stereocenters. The van der Waals surface area contributed by atoms with E-state index in [4.69, 9.17) is 10.5 Å². The van der Waals surface area contributed by atoms with Gasteiger partial charge in [0, 0.05) is 6.20 Å². The summed E-state index contributed by atoms with van der Waals surface area (Å²) in [5.41, 5.74) is 5.54. The standard InChI is InChI=1S/C13H15N3O3/c1-19-8-4-2-7-16-10(8)9(12(14)17)11(15-16)13(18)5-3-6-13/h2,4,7,18H,3,5-6H2,1H3,(H2,14,17). The number of aliphatic hydroxyl groups is 1. The summed E-state index contributed by atoms with van der Waals surface area (Å²) in [6.45, 7) is 0. The molecule has 19 heavy (non-hydrogen) atoms. The predicted molar refractivity (Wildman–Crippen MR) is 68.0 cm³/mol. The highest BCUT2D eigenvalue weighted by molar-refractivity contribution is 6.02. The second-order valence-corrected chi connectivity index (χ2v) is 4.84. The van der Waals surface area contributed by atoms with E-state index in [9.17, 15) is 9.90 Å². The molecule has 1 amide bonds. The van der Waals surface area contributed by atoms with Crippen LogP contribution >= 0.6 is 0 Å². The molecule has 3 N–H and O–H groups in total. The van der Waals surface area contributed by atoms with Crippen LogP contribution in [0.5, 0.6) is 5.75 Å². The molecule has 1 aliphatic carbocycles. The van der Waals surface area contributed by atoms with E-state index in [1.54, 1.807) is 18.3 Å². The van der Waals surface area contributed by atoms with Crippen molar-refractivity contribution in [3.05, 3.63) is 29.6 Å². The highest BCUT2D eigenvalue weighted by atomic mass is 16.5. The molecule has 6 nitrogen and oxygen atoms in total. The van der Waals surface area contributed by atoms with Gasteiger partial charge in [-0.3, -0.25) is 4.79 Å². The molecular weight excluding hydrogens is 246 g/mol. The van der Waals surface area contributed by atoms with E-state index < -0.39 is 11.5 Å². The van der Waals surface area contributed by atoms with Crippen molar-refractivity contribution in [3.8, 4) is 5.75 Å². The summed E-state index contributed by atoms with van der Waals surface area (Å²) in [6.07, 6.45) is 3.81. The predicted octanol–water partition coefficient (Wildman–Crippen LogP) is 0.813. The van der Waals surface area contributed by atoms with Gasteiger partial charge in [-0.05, 0) is 31.4 Å². The molecule has 0 atom stereocenters. The smallest absolute Gasteiger partial charge is 0.253 e. The zero-order valence-electron chi connectivity index (χ0n) is 10.6. The normalized spacial score (nSPS) is 17.2. The fraction of sp³-hybridized carbons (Fsp3) is 0.385. The number of nitrogens with two attached hydrogens (primary N) is 1. The summed E-state index contributed by atoms with van der Waals surface area (Å²) < 4.78 is 6.78. The Morgan fingerprint density at radius 2 is 2.32 bits per heavy atom. The van der Waals surface area contributed by atoms with Crippen molar-refractivity contribution in [3.63, 3.8) is 0 Å².